The quantitative estimate of drug-likeness (QED) is 0.773. The van der Waals surface area contributed by atoms with E-state index >= 15 is 0 Å². The fourth-order valence-electron chi connectivity index (χ4n) is 3.20. The first-order valence-electron chi connectivity index (χ1n) is 9.12. The molecule has 30 heavy (non-hydrogen) atoms. The van der Waals surface area contributed by atoms with Gasteiger partial charge in [-0.05, 0) is 31.0 Å². The van der Waals surface area contributed by atoms with E-state index in [9.17, 15) is 22.8 Å². The number of hydrogen-bond donors (Lipinski definition) is 1. The molecule has 2 amide bonds. The molecule has 2 aromatic rings. The maximum Gasteiger partial charge on any atom is 0.490 e. The lowest BCUT2D eigenvalue weighted by Gasteiger charge is -2.16. The molecule has 0 aliphatic carbocycles. The van der Waals surface area contributed by atoms with Crippen molar-refractivity contribution in [3.05, 3.63) is 45.9 Å². The zero-order valence-electron chi connectivity index (χ0n) is 15.7. The van der Waals surface area contributed by atoms with Gasteiger partial charge in [-0.3, -0.25) is 14.6 Å². The van der Waals surface area contributed by atoms with Gasteiger partial charge in [-0.25, -0.2) is 4.79 Å². The smallest absolute Gasteiger partial charge is 0.475 e. The molecular weight excluding hydrogens is 423 g/mol. The van der Waals surface area contributed by atoms with Gasteiger partial charge >= 0.3 is 12.1 Å². The molecule has 4 heterocycles. The number of hydrogen-bond acceptors (Lipinski definition) is 5. The van der Waals surface area contributed by atoms with Gasteiger partial charge in [-0.2, -0.15) is 13.2 Å². The second kappa shape index (κ2) is 8.82. The number of aromatic nitrogens is 1. The van der Waals surface area contributed by atoms with Crippen molar-refractivity contribution in [1.29, 1.82) is 0 Å². The van der Waals surface area contributed by atoms with Crippen LogP contribution < -0.4 is 4.90 Å². The Morgan fingerprint density at radius 1 is 1.10 bits per heavy atom. The van der Waals surface area contributed by atoms with Crippen LogP contribution >= 0.6 is 11.3 Å². The molecule has 0 saturated carbocycles. The van der Waals surface area contributed by atoms with Crippen molar-refractivity contribution in [2.75, 3.05) is 24.5 Å². The summed E-state index contributed by atoms with van der Waals surface area (Å²) in [6.07, 6.45) is 1.15. The summed E-state index contributed by atoms with van der Waals surface area (Å²) in [5.74, 6) is -2.70. The lowest BCUT2D eigenvalue weighted by molar-refractivity contribution is -0.192. The van der Waals surface area contributed by atoms with Crippen LogP contribution in [0.5, 0.6) is 0 Å². The highest BCUT2D eigenvalue weighted by Crippen LogP contribution is 2.37. The Morgan fingerprint density at radius 3 is 2.33 bits per heavy atom. The van der Waals surface area contributed by atoms with Crippen molar-refractivity contribution in [2.24, 2.45) is 0 Å². The van der Waals surface area contributed by atoms with Gasteiger partial charge in [0.2, 0.25) is 0 Å². The molecule has 2 aliphatic rings. The number of thiophene rings is 1. The Morgan fingerprint density at radius 2 is 1.77 bits per heavy atom. The number of carboxylic acids is 1. The molecular formula is C19H18F3N3O4S. The lowest BCUT2D eigenvalue weighted by Crippen LogP contribution is -2.29. The monoisotopic (exact) mass is 441 g/mol. The molecule has 2 aromatic heterocycles. The molecule has 0 aromatic carbocycles. The molecule has 0 radical (unpaired) electrons. The molecule has 0 atom stereocenters. The van der Waals surface area contributed by atoms with Gasteiger partial charge in [0, 0.05) is 43.3 Å². The topological polar surface area (TPSA) is 90.8 Å². The summed E-state index contributed by atoms with van der Waals surface area (Å²) in [5.41, 5.74) is 1.48. The van der Waals surface area contributed by atoms with Crippen LogP contribution in [0.15, 0.2) is 30.6 Å². The second-order valence-corrected chi connectivity index (χ2v) is 7.81. The van der Waals surface area contributed by atoms with Crippen molar-refractivity contribution < 1.29 is 32.7 Å². The van der Waals surface area contributed by atoms with Crippen molar-refractivity contribution in [1.82, 2.24) is 9.88 Å². The number of fused-ring (bicyclic) bond motifs is 1. The number of nitrogens with zero attached hydrogens (tertiary/aromatic N) is 3. The average molecular weight is 441 g/mol. The zero-order chi connectivity index (χ0) is 21.9. The minimum atomic E-state index is -5.08. The molecule has 4 rings (SSSR count). The SMILES string of the molecule is O=C(O)C(F)(F)F.O=C(c1cc2c(s1)CCN2C(=O)c1cccnc1)N1CCCC1. The van der Waals surface area contributed by atoms with E-state index in [4.69, 9.17) is 9.90 Å². The highest BCUT2D eigenvalue weighted by molar-refractivity contribution is 7.14. The van der Waals surface area contributed by atoms with Crippen LogP contribution in [-0.2, 0) is 11.2 Å². The number of carboxylic acid groups (broad SMARTS) is 1. The summed E-state index contributed by atoms with van der Waals surface area (Å²) >= 11 is 1.53. The number of halogens is 3. The molecule has 0 bridgehead atoms. The second-order valence-electron chi connectivity index (χ2n) is 6.67. The number of carbonyl (C=O) groups is 3. The highest BCUT2D eigenvalue weighted by Gasteiger charge is 2.38. The van der Waals surface area contributed by atoms with E-state index < -0.39 is 12.1 Å². The number of carbonyl (C=O) groups excluding carboxylic acids is 2. The zero-order valence-corrected chi connectivity index (χ0v) is 16.5. The summed E-state index contributed by atoms with van der Waals surface area (Å²) in [6.45, 7) is 2.37. The molecule has 160 valence electrons. The molecule has 0 spiro atoms. The Balaban J connectivity index is 0.000000318. The van der Waals surface area contributed by atoms with Gasteiger partial charge in [0.25, 0.3) is 11.8 Å². The van der Waals surface area contributed by atoms with Crippen LogP contribution in [0, 0.1) is 0 Å². The molecule has 1 fully saturated rings. The molecule has 7 nitrogen and oxygen atoms in total. The normalized spacial score (nSPS) is 15.4. The Kier molecular flexibility index (Phi) is 6.40. The minimum Gasteiger partial charge on any atom is -0.475 e. The molecule has 1 saturated heterocycles. The van der Waals surface area contributed by atoms with E-state index in [1.54, 1.807) is 29.4 Å². The van der Waals surface area contributed by atoms with Gasteiger partial charge in [-0.1, -0.05) is 0 Å². The van der Waals surface area contributed by atoms with Crippen molar-refractivity contribution >= 4 is 34.8 Å². The van der Waals surface area contributed by atoms with Crippen LogP contribution in [0.2, 0.25) is 0 Å². The number of alkyl halides is 3. The van der Waals surface area contributed by atoms with Gasteiger partial charge in [0.1, 0.15) is 0 Å². The van der Waals surface area contributed by atoms with Crippen LogP contribution in [0.25, 0.3) is 0 Å². The molecule has 0 unspecified atom stereocenters. The predicted molar refractivity (Wildman–Crippen MR) is 103 cm³/mol. The number of rotatable bonds is 2. The standard InChI is InChI=1S/C17H17N3O2S.C2HF3O2/c21-16(12-4-3-6-18-11-12)20-9-5-14-13(20)10-15(23-14)17(22)19-7-1-2-8-19;3-2(4,5)1(6)7/h3-4,6,10-11H,1-2,5,7-9H2;(H,6,7). The van der Waals surface area contributed by atoms with E-state index in [2.05, 4.69) is 4.98 Å². The summed E-state index contributed by atoms with van der Waals surface area (Å²) in [5, 5.41) is 7.12. The maximum atomic E-state index is 12.6. The first-order valence-corrected chi connectivity index (χ1v) is 9.94. The first kappa shape index (κ1) is 21.8. The summed E-state index contributed by atoms with van der Waals surface area (Å²) in [6, 6.07) is 5.43. The van der Waals surface area contributed by atoms with Gasteiger partial charge in [0.15, 0.2) is 0 Å². The van der Waals surface area contributed by atoms with Crippen LogP contribution in [-0.4, -0.2) is 58.6 Å². The van der Waals surface area contributed by atoms with E-state index in [1.165, 1.54) is 11.3 Å². The number of pyridine rings is 1. The summed E-state index contributed by atoms with van der Waals surface area (Å²) in [7, 11) is 0. The third kappa shape index (κ3) is 4.78. The van der Waals surface area contributed by atoms with Gasteiger partial charge in [0.05, 0.1) is 16.1 Å². The Hall–Kier alpha value is -2.95. The lowest BCUT2D eigenvalue weighted by atomic mass is 10.2. The van der Waals surface area contributed by atoms with E-state index in [1.807, 2.05) is 11.0 Å². The van der Waals surface area contributed by atoms with Crippen molar-refractivity contribution in [2.45, 2.75) is 25.4 Å². The van der Waals surface area contributed by atoms with E-state index in [-0.39, 0.29) is 11.8 Å². The Labute approximate surface area is 173 Å². The summed E-state index contributed by atoms with van der Waals surface area (Å²) < 4.78 is 31.7. The van der Waals surface area contributed by atoms with Crippen LogP contribution in [0.3, 0.4) is 0 Å². The number of aliphatic carboxylic acids is 1. The fourth-order valence-corrected chi connectivity index (χ4v) is 4.32. The number of likely N-dealkylation sites (tertiary alicyclic amines) is 1. The highest BCUT2D eigenvalue weighted by atomic mass is 32.1. The fraction of sp³-hybridized carbons (Fsp3) is 0.368. The predicted octanol–water partition coefficient (Wildman–Crippen LogP) is 3.22. The molecule has 11 heteroatoms. The van der Waals surface area contributed by atoms with Gasteiger partial charge < -0.3 is 14.9 Å². The third-order valence-electron chi connectivity index (χ3n) is 4.64. The maximum absolute atomic E-state index is 12.6. The van der Waals surface area contributed by atoms with Crippen LogP contribution in [0.1, 0.15) is 37.7 Å². The van der Waals surface area contributed by atoms with Crippen molar-refractivity contribution in [3.8, 4) is 0 Å². The van der Waals surface area contributed by atoms with E-state index in [0.29, 0.717) is 12.1 Å². The minimum absolute atomic E-state index is 0.0465. The van der Waals surface area contributed by atoms with Crippen LogP contribution in [0.4, 0.5) is 18.9 Å². The molecule has 1 N–H and O–H groups in total. The molecule has 2 aliphatic heterocycles. The largest absolute Gasteiger partial charge is 0.490 e. The first-order chi connectivity index (χ1) is 14.2. The number of amides is 2. The number of anilines is 1. The van der Waals surface area contributed by atoms with E-state index in [0.717, 1.165) is 47.8 Å². The summed E-state index contributed by atoms with van der Waals surface area (Å²) in [4.78, 5) is 43.6. The van der Waals surface area contributed by atoms with Crippen molar-refractivity contribution in [3.63, 3.8) is 0 Å². The third-order valence-corrected chi connectivity index (χ3v) is 5.81. The van der Waals surface area contributed by atoms with Gasteiger partial charge in [-0.15, -0.1) is 11.3 Å². The Bertz CT molecular complexity index is 940. The average Bonchev–Trinajstić information content (AvgIpc) is 3.44.